The van der Waals surface area contributed by atoms with E-state index >= 15 is 0 Å². The number of nitrogens with one attached hydrogen (secondary N) is 1. The van der Waals surface area contributed by atoms with Gasteiger partial charge in [-0.1, -0.05) is 17.7 Å². The zero-order valence-electron chi connectivity index (χ0n) is 14.1. The third-order valence-electron chi connectivity index (χ3n) is 3.54. The molecule has 0 saturated carbocycles. The molecule has 5 heteroatoms. The summed E-state index contributed by atoms with van der Waals surface area (Å²) in [5, 5.41) is 2.80. The Labute approximate surface area is 150 Å². The van der Waals surface area contributed by atoms with Crippen LogP contribution in [0, 0.1) is 6.92 Å². The van der Waals surface area contributed by atoms with Crippen LogP contribution in [0.15, 0.2) is 77.4 Å². The minimum atomic E-state index is -0.516. The van der Waals surface area contributed by atoms with Crippen molar-refractivity contribution < 1.29 is 18.7 Å². The van der Waals surface area contributed by atoms with Gasteiger partial charge in [0.2, 0.25) is 0 Å². The van der Waals surface area contributed by atoms with Crippen LogP contribution in [0.2, 0.25) is 0 Å². The summed E-state index contributed by atoms with van der Waals surface area (Å²) in [4.78, 5) is 24.0. The van der Waals surface area contributed by atoms with Gasteiger partial charge in [0, 0.05) is 17.3 Å². The van der Waals surface area contributed by atoms with Crippen molar-refractivity contribution in [3.63, 3.8) is 0 Å². The summed E-state index contributed by atoms with van der Waals surface area (Å²) in [6, 6.07) is 17.4. The SMILES string of the molecule is Cc1cccc(C(=O)Nc2ccc(OC(=O)/C=C/c3ccco3)cc2)c1. The fraction of sp³-hybridized carbons (Fsp3) is 0.0476. The van der Waals surface area contributed by atoms with Crippen LogP contribution >= 0.6 is 0 Å². The van der Waals surface area contributed by atoms with Gasteiger partial charge in [-0.3, -0.25) is 4.79 Å². The maximum Gasteiger partial charge on any atom is 0.336 e. The minimum Gasteiger partial charge on any atom is -0.465 e. The maximum absolute atomic E-state index is 12.2. The molecule has 5 nitrogen and oxygen atoms in total. The number of carbonyl (C=O) groups is 2. The molecule has 1 heterocycles. The van der Waals surface area contributed by atoms with Crippen LogP contribution in [0.3, 0.4) is 0 Å². The van der Waals surface area contributed by atoms with E-state index in [0.717, 1.165) is 5.56 Å². The third kappa shape index (κ3) is 4.70. The van der Waals surface area contributed by atoms with Crippen LogP contribution in [-0.2, 0) is 4.79 Å². The summed E-state index contributed by atoms with van der Waals surface area (Å²) in [5.41, 5.74) is 2.22. The molecular weight excluding hydrogens is 330 g/mol. The predicted octanol–water partition coefficient (Wildman–Crippen LogP) is 4.46. The zero-order chi connectivity index (χ0) is 18.4. The Morgan fingerprint density at radius 3 is 2.54 bits per heavy atom. The highest BCUT2D eigenvalue weighted by molar-refractivity contribution is 6.04. The maximum atomic E-state index is 12.2. The van der Waals surface area contributed by atoms with Gasteiger partial charge in [-0.25, -0.2) is 4.79 Å². The first-order chi connectivity index (χ1) is 12.6. The lowest BCUT2D eigenvalue weighted by Crippen LogP contribution is -2.12. The van der Waals surface area contributed by atoms with Crippen molar-refractivity contribution in [2.75, 3.05) is 5.32 Å². The summed E-state index contributed by atoms with van der Waals surface area (Å²) >= 11 is 0. The fourth-order valence-electron chi connectivity index (χ4n) is 2.28. The number of hydrogen-bond donors (Lipinski definition) is 1. The number of furan rings is 1. The Morgan fingerprint density at radius 2 is 1.85 bits per heavy atom. The van der Waals surface area contributed by atoms with Crippen LogP contribution < -0.4 is 10.1 Å². The molecule has 3 aromatic rings. The third-order valence-corrected chi connectivity index (χ3v) is 3.54. The molecule has 0 aliphatic heterocycles. The largest absolute Gasteiger partial charge is 0.465 e. The molecule has 0 bridgehead atoms. The minimum absolute atomic E-state index is 0.195. The topological polar surface area (TPSA) is 68.5 Å². The van der Waals surface area contributed by atoms with Gasteiger partial charge in [-0.2, -0.15) is 0 Å². The van der Waals surface area contributed by atoms with Gasteiger partial charge in [0.25, 0.3) is 5.91 Å². The Hall–Kier alpha value is -3.60. The van der Waals surface area contributed by atoms with Crippen LogP contribution in [0.4, 0.5) is 5.69 Å². The molecule has 0 unspecified atom stereocenters. The van der Waals surface area contributed by atoms with Gasteiger partial charge in [-0.05, 0) is 61.5 Å². The van der Waals surface area contributed by atoms with E-state index in [1.807, 2.05) is 25.1 Å². The number of carbonyl (C=O) groups excluding carboxylic acids is 2. The molecule has 0 aliphatic rings. The van der Waals surface area contributed by atoms with E-state index in [0.29, 0.717) is 22.8 Å². The van der Waals surface area contributed by atoms with Gasteiger partial charge in [0.05, 0.1) is 6.26 Å². The van der Waals surface area contributed by atoms with Gasteiger partial charge in [-0.15, -0.1) is 0 Å². The number of amides is 1. The van der Waals surface area contributed by atoms with Gasteiger partial charge >= 0.3 is 5.97 Å². The van der Waals surface area contributed by atoms with Crippen LogP contribution in [0.25, 0.3) is 6.08 Å². The second-order valence-corrected chi connectivity index (χ2v) is 5.62. The van der Waals surface area contributed by atoms with Crippen LogP contribution in [0.5, 0.6) is 5.75 Å². The molecule has 0 spiro atoms. The number of aryl methyl sites for hydroxylation is 1. The molecule has 26 heavy (non-hydrogen) atoms. The lowest BCUT2D eigenvalue weighted by Gasteiger charge is -2.07. The van der Waals surface area contributed by atoms with E-state index in [9.17, 15) is 9.59 Å². The molecule has 1 aromatic heterocycles. The van der Waals surface area contributed by atoms with Crippen molar-refractivity contribution >= 4 is 23.6 Å². The lowest BCUT2D eigenvalue weighted by atomic mass is 10.1. The molecule has 1 amide bonds. The van der Waals surface area contributed by atoms with Crippen molar-refractivity contribution in [1.82, 2.24) is 0 Å². The molecule has 0 aliphatic carbocycles. The first-order valence-electron chi connectivity index (χ1n) is 8.02. The molecule has 0 atom stereocenters. The quantitative estimate of drug-likeness (QED) is 0.420. The number of rotatable bonds is 5. The summed E-state index contributed by atoms with van der Waals surface area (Å²) in [6.07, 6.45) is 4.33. The normalized spacial score (nSPS) is 10.7. The van der Waals surface area contributed by atoms with Crippen molar-refractivity contribution in [2.24, 2.45) is 0 Å². The summed E-state index contributed by atoms with van der Waals surface area (Å²) in [6.45, 7) is 1.93. The second-order valence-electron chi connectivity index (χ2n) is 5.62. The van der Waals surface area contributed by atoms with E-state index in [1.54, 1.807) is 42.5 Å². The van der Waals surface area contributed by atoms with E-state index in [-0.39, 0.29) is 5.91 Å². The standard InChI is InChI=1S/C21H17NO4/c1-15-4-2-5-16(14-15)21(24)22-17-7-9-19(10-8-17)26-20(23)12-11-18-6-3-13-25-18/h2-14H,1H3,(H,22,24)/b12-11+. The number of hydrogen-bond acceptors (Lipinski definition) is 4. The Morgan fingerprint density at radius 1 is 1.04 bits per heavy atom. The summed E-state index contributed by atoms with van der Waals surface area (Å²) < 4.78 is 10.3. The van der Waals surface area contributed by atoms with Gasteiger partial charge in [0.1, 0.15) is 11.5 Å². The van der Waals surface area contributed by atoms with E-state index in [2.05, 4.69) is 5.32 Å². The highest BCUT2D eigenvalue weighted by Crippen LogP contribution is 2.17. The van der Waals surface area contributed by atoms with E-state index in [1.165, 1.54) is 18.4 Å². The van der Waals surface area contributed by atoms with E-state index in [4.69, 9.17) is 9.15 Å². The summed E-state index contributed by atoms with van der Waals surface area (Å²) in [7, 11) is 0. The number of anilines is 1. The molecule has 0 saturated heterocycles. The molecule has 130 valence electrons. The summed E-state index contributed by atoms with van der Waals surface area (Å²) in [5.74, 6) is 0.238. The molecular formula is C21H17NO4. The predicted molar refractivity (Wildman–Crippen MR) is 99.0 cm³/mol. The van der Waals surface area contributed by atoms with Crippen molar-refractivity contribution in [1.29, 1.82) is 0 Å². The fourth-order valence-corrected chi connectivity index (χ4v) is 2.28. The Balaban J connectivity index is 1.58. The van der Waals surface area contributed by atoms with Crippen LogP contribution in [0.1, 0.15) is 21.7 Å². The smallest absolute Gasteiger partial charge is 0.336 e. The van der Waals surface area contributed by atoms with Gasteiger partial charge in [0.15, 0.2) is 0 Å². The molecule has 3 rings (SSSR count). The first kappa shape index (κ1) is 17.2. The number of esters is 1. The average Bonchev–Trinajstić information content (AvgIpc) is 3.15. The molecule has 1 N–H and O–H groups in total. The number of benzene rings is 2. The Kier molecular flexibility index (Phi) is 5.29. The molecule has 0 radical (unpaired) electrons. The van der Waals surface area contributed by atoms with Gasteiger partial charge < -0.3 is 14.5 Å². The van der Waals surface area contributed by atoms with Crippen molar-refractivity contribution in [2.45, 2.75) is 6.92 Å². The zero-order valence-corrected chi connectivity index (χ0v) is 14.1. The van der Waals surface area contributed by atoms with Crippen LogP contribution in [-0.4, -0.2) is 11.9 Å². The average molecular weight is 347 g/mol. The number of ether oxygens (including phenoxy) is 1. The van der Waals surface area contributed by atoms with Crippen molar-refractivity contribution in [3.05, 3.63) is 89.9 Å². The highest BCUT2D eigenvalue weighted by Gasteiger charge is 2.07. The molecule has 0 fully saturated rings. The monoisotopic (exact) mass is 347 g/mol. The lowest BCUT2D eigenvalue weighted by molar-refractivity contribution is -0.128. The second kappa shape index (κ2) is 7.98. The molecule has 2 aromatic carbocycles. The first-order valence-corrected chi connectivity index (χ1v) is 8.02. The van der Waals surface area contributed by atoms with E-state index < -0.39 is 5.97 Å². The Bertz CT molecular complexity index is 925. The van der Waals surface area contributed by atoms with Crippen molar-refractivity contribution in [3.8, 4) is 5.75 Å². The highest BCUT2D eigenvalue weighted by atomic mass is 16.5.